The minimum atomic E-state index is -0.494. The summed E-state index contributed by atoms with van der Waals surface area (Å²) in [6.45, 7) is 6.69. The van der Waals surface area contributed by atoms with Gasteiger partial charge in [-0.05, 0) is 49.4 Å². The lowest BCUT2D eigenvalue weighted by molar-refractivity contribution is -0.121. The highest BCUT2D eigenvalue weighted by molar-refractivity contribution is 5.75. The highest BCUT2D eigenvalue weighted by Crippen LogP contribution is 2.16. The average Bonchev–Trinajstić information content (AvgIpc) is 2.70. The topological polar surface area (TPSA) is 73.1 Å². The van der Waals surface area contributed by atoms with Crippen molar-refractivity contribution in [3.63, 3.8) is 0 Å². The van der Waals surface area contributed by atoms with Gasteiger partial charge in [0.25, 0.3) is 5.56 Å². The van der Waals surface area contributed by atoms with Gasteiger partial charge in [-0.15, -0.1) is 0 Å². The summed E-state index contributed by atoms with van der Waals surface area (Å²) in [5.41, 5.74) is 4.79. The van der Waals surface area contributed by atoms with Gasteiger partial charge in [0.15, 0.2) is 0 Å². The van der Waals surface area contributed by atoms with Gasteiger partial charge in [0, 0.05) is 18.8 Å². The Hall–Kier alpha value is -3.41. The summed E-state index contributed by atoms with van der Waals surface area (Å²) in [5, 5.41) is 2.83. The molecule has 3 aromatic rings. The molecule has 0 saturated carbocycles. The molecule has 6 nitrogen and oxygen atoms in total. The lowest BCUT2D eigenvalue weighted by Gasteiger charge is -2.13. The lowest BCUT2D eigenvalue weighted by Crippen LogP contribution is -2.43. The summed E-state index contributed by atoms with van der Waals surface area (Å²) in [6.07, 6.45) is 2.17. The highest BCUT2D eigenvalue weighted by atomic mass is 16.2. The lowest BCUT2D eigenvalue weighted by atomic mass is 9.97. The Balaban J connectivity index is 1.66. The van der Waals surface area contributed by atoms with Crippen LogP contribution in [0.25, 0.3) is 0 Å². The SMILES string of the molecule is Cc1cc(C)c(CCNC(=O)Cn2c(=O)ccn(Cc3ccccc3)c2=O)c(C)c1. The van der Waals surface area contributed by atoms with Gasteiger partial charge >= 0.3 is 5.69 Å². The number of nitrogens with zero attached hydrogens (tertiary/aromatic N) is 2. The zero-order valence-corrected chi connectivity index (χ0v) is 17.6. The van der Waals surface area contributed by atoms with Crippen molar-refractivity contribution in [3.05, 3.63) is 103 Å². The second-order valence-electron chi connectivity index (χ2n) is 7.61. The molecule has 0 radical (unpaired) electrons. The number of hydrogen-bond donors (Lipinski definition) is 1. The van der Waals surface area contributed by atoms with E-state index in [9.17, 15) is 14.4 Å². The van der Waals surface area contributed by atoms with Crippen LogP contribution in [0.1, 0.15) is 27.8 Å². The predicted molar refractivity (Wildman–Crippen MR) is 118 cm³/mol. The molecule has 6 heteroatoms. The fourth-order valence-electron chi connectivity index (χ4n) is 3.73. The smallest absolute Gasteiger partial charge is 0.331 e. The maximum absolute atomic E-state index is 12.7. The number of nitrogens with one attached hydrogen (secondary N) is 1. The van der Waals surface area contributed by atoms with E-state index in [0.717, 1.165) is 10.1 Å². The molecule has 0 unspecified atom stereocenters. The van der Waals surface area contributed by atoms with E-state index in [-0.39, 0.29) is 12.5 Å². The number of aryl methyl sites for hydroxylation is 3. The Bertz CT molecular complexity index is 1140. The Morgan fingerprint density at radius 2 is 1.63 bits per heavy atom. The van der Waals surface area contributed by atoms with E-state index >= 15 is 0 Å². The van der Waals surface area contributed by atoms with Crippen molar-refractivity contribution in [2.75, 3.05) is 6.54 Å². The van der Waals surface area contributed by atoms with E-state index in [1.54, 1.807) is 0 Å². The van der Waals surface area contributed by atoms with Crippen molar-refractivity contribution in [2.24, 2.45) is 0 Å². The Labute approximate surface area is 175 Å². The summed E-state index contributed by atoms with van der Waals surface area (Å²) >= 11 is 0. The van der Waals surface area contributed by atoms with E-state index in [1.807, 2.05) is 30.3 Å². The molecule has 1 heterocycles. The molecule has 1 aromatic heterocycles. The minimum Gasteiger partial charge on any atom is -0.354 e. The molecule has 0 aliphatic heterocycles. The third-order valence-electron chi connectivity index (χ3n) is 5.17. The van der Waals surface area contributed by atoms with Gasteiger partial charge in [-0.3, -0.25) is 18.7 Å². The summed E-state index contributed by atoms with van der Waals surface area (Å²) in [7, 11) is 0. The van der Waals surface area contributed by atoms with Crippen LogP contribution in [0.15, 0.2) is 64.3 Å². The first kappa shape index (κ1) is 21.3. The zero-order valence-electron chi connectivity index (χ0n) is 17.6. The third kappa shape index (κ3) is 5.14. The van der Waals surface area contributed by atoms with Crippen LogP contribution >= 0.6 is 0 Å². The zero-order chi connectivity index (χ0) is 21.7. The van der Waals surface area contributed by atoms with Crippen LogP contribution in [-0.4, -0.2) is 21.6 Å². The third-order valence-corrected chi connectivity index (χ3v) is 5.17. The fourth-order valence-corrected chi connectivity index (χ4v) is 3.73. The number of amides is 1. The molecule has 1 N–H and O–H groups in total. The van der Waals surface area contributed by atoms with Gasteiger partial charge in [0.05, 0.1) is 6.54 Å². The van der Waals surface area contributed by atoms with Gasteiger partial charge < -0.3 is 5.32 Å². The van der Waals surface area contributed by atoms with E-state index in [4.69, 9.17) is 0 Å². The van der Waals surface area contributed by atoms with Crippen molar-refractivity contribution in [1.29, 1.82) is 0 Å². The summed E-state index contributed by atoms with van der Waals surface area (Å²) in [4.78, 5) is 37.2. The largest absolute Gasteiger partial charge is 0.354 e. The normalized spacial score (nSPS) is 10.8. The number of carbonyl (C=O) groups is 1. The van der Waals surface area contributed by atoms with Crippen LogP contribution in [0.3, 0.4) is 0 Å². The quantitative estimate of drug-likeness (QED) is 0.656. The summed E-state index contributed by atoms with van der Waals surface area (Å²) < 4.78 is 2.41. The van der Waals surface area contributed by atoms with Gasteiger partial charge in [-0.1, -0.05) is 48.0 Å². The molecular weight excluding hydrogens is 378 g/mol. The number of benzene rings is 2. The van der Waals surface area contributed by atoms with Crippen LogP contribution in [0.4, 0.5) is 0 Å². The molecule has 0 aliphatic carbocycles. The number of carbonyl (C=O) groups excluding carboxylic acids is 1. The van der Waals surface area contributed by atoms with E-state index in [1.165, 1.54) is 39.1 Å². The van der Waals surface area contributed by atoms with Crippen LogP contribution in [0, 0.1) is 20.8 Å². The molecule has 0 spiro atoms. The van der Waals surface area contributed by atoms with Gasteiger partial charge in [0.1, 0.15) is 6.54 Å². The molecule has 0 bridgehead atoms. The molecule has 3 rings (SSSR count). The molecule has 30 heavy (non-hydrogen) atoms. The molecule has 0 saturated heterocycles. The van der Waals surface area contributed by atoms with Crippen molar-refractivity contribution in [1.82, 2.24) is 14.5 Å². The highest BCUT2D eigenvalue weighted by Gasteiger charge is 2.11. The first-order valence-electron chi connectivity index (χ1n) is 10.0. The first-order chi connectivity index (χ1) is 14.3. The monoisotopic (exact) mass is 405 g/mol. The van der Waals surface area contributed by atoms with Crippen LogP contribution in [0.5, 0.6) is 0 Å². The fraction of sp³-hybridized carbons (Fsp3) is 0.292. The molecular formula is C24H27N3O3. The van der Waals surface area contributed by atoms with E-state index in [0.29, 0.717) is 19.5 Å². The van der Waals surface area contributed by atoms with E-state index < -0.39 is 11.2 Å². The van der Waals surface area contributed by atoms with Crippen LogP contribution in [0.2, 0.25) is 0 Å². The van der Waals surface area contributed by atoms with E-state index in [2.05, 4.69) is 38.2 Å². The van der Waals surface area contributed by atoms with Crippen molar-refractivity contribution in [2.45, 2.75) is 40.3 Å². The number of rotatable bonds is 7. The Morgan fingerprint density at radius 1 is 0.967 bits per heavy atom. The molecule has 0 aliphatic rings. The van der Waals surface area contributed by atoms with Crippen molar-refractivity contribution < 1.29 is 4.79 Å². The Kier molecular flexibility index (Phi) is 6.67. The first-order valence-corrected chi connectivity index (χ1v) is 10.0. The summed E-state index contributed by atoms with van der Waals surface area (Å²) in [6, 6.07) is 15.1. The number of aromatic nitrogens is 2. The van der Waals surface area contributed by atoms with Gasteiger partial charge in [-0.2, -0.15) is 0 Å². The van der Waals surface area contributed by atoms with Crippen LogP contribution in [-0.2, 0) is 24.3 Å². The number of hydrogen-bond acceptors (Lipinski definition) is 3. The maximum Gasteiger partial charge on any atom is 0.331 e. The second-order valence-corrected chi connectivity index (χ2v) is 7.61. The van der Waals surface area contributed by atoms with Crippen molar-refractivity contribution in [3.8, 4) is 0 Å². The van der Waals surface area contributed by atoms with Crippen molar-refractivity contribution >= 4 is 5.91 Å². The Morgan fingerprint density at radius 3 is 2.30 bits per heavy atom. The van der Waals surface area contributed by atoms with Gasteiger partial charge in [-0.25, -0.2) is 4.79 Å². The summed E-state index contributed by atoms with van der Waals surface area (Å²) in [5.74, 6) is -0.353. The average molecular weight is 405 g/mol. The molecule has 0 fully saturated rings. The molecule has 2 aromatic carbocycles. The standard InChI is InChI=1S/C24H27N3O3/c1-17-13-18(2)21(19(3)14-17)9-11-25-22(28)16-27-23(29)10-12-26(24(27)30)15-20-7-5-4-6-8-20/h4-8,10,12-14H,9,11,15-16H2,1-3H3,(H,25,28). The minimum absolute atomic E-state index is 0.293. The molecule has 1 amide bonds. The molecule has 0 atom stereocenters. The van der Waals surface area contributed by atoms with Gasteiger partial charge in [0.2, 0.25) is 5.91 Å². The van der Waals surface area contributed by atoms with Crippen LogP contribution < -0.4 is 16.6 Å². The molecule has 156 valence electrons. The predicted octanol–water partition coefficient (Wildman–Crippen LogP) is 2.34. The maximum atomic E-state index is 12.7. The second kappa shape index (κ2) is 9.39.